The maximum atomic E-state index is 12.8. The van der Waals surface area contributed by atoms with Gasteiger partial charge in [0, 0.05) is 11.3 Å². The molecule has 6 nitrogen and oxygen atoms in total. The van der Waals surface area contributed by atoms with Crippen LogP contribution < -0.4 is 14.8 Å². The fourth-order valence-corrected chi connectivity index (χ4v) is 3.57. The Hall–Kier alpha value is -3.39. The van der Waals surface area contributed by atoms with E-state index in [0.29, 0.717) is 11.3 Å². The van der Waals surface area contributed by atoms with E-state index in [-0.39, 0.29) is 35.5 Å². The summed E-state index contributed by atoms with van der Waals surface area (Å²) in [6.07, 6.45) is 0. The first-order valence-electron chi connectivity index (χ1n) is 8.78. The van der Waals surface area contributed by atoms with E-state index in [1.807, 2.05) is 0 Å². The van der Waals surface area contributed by atoms with Crippen molar-refractivity contribution in [2.75, 3.05) is 17.9 Å². The predicted octanol–water partition coefficient (Wildman–Crippen LogP) is 3.44. The first-order valence-corrected chi connectivity index (χ1v) is 10.3. The highest BCUT2D eigenvalue weighted by molar-refractivity contribution is 7.92. The molecule has 8 heteroatoms. The molecule has 0 radical (unpaired) electrons. The molecule has 2 N–H and O–H groups in total. The standard InChI is InChI=1S/C21H19FN2O4S/c22-17-9-11-19(12-10-17)28-14-13-23-21(25)16-5-4-6-18(15-16)24-29(26,27)20-7-2-1-3-8-20/h1-12,15,24H,13-14H2,(H,23,25). The second-order valence-electron chi connectivity index (χ2n) is 6.06. The SMILES string of the molecule is O=C(NCCOc1ccc(F)cc1)c1cccc(NS(=O)(=O)c2ccccc2)c1. The number of nitrogens with one attached hydrogen (secondary N) is 2. The summed E-state index contributed by atoms with van der Waals surface area (Å²) in [6, 6.07) is 19.7. The highest BCUT2D eigenvalue weighted by Crippen LogP contribution is 2.17. The molecule has 0 saturated carbocycles. The molecule has 0 spiro atoms. The summed E-state index contributed by atoms with van der Waals surface area (Å²) in [6.45, 7) is 0.438. The van der Waals surface area contributed by atoms with Crippen molar-refractivity contribution in [3.05, 3.63) is 90.2 Å². The van der Waals surface area contributed by atoms with Crippen LogP contribution in [-0.2, 0) is 10.0 Å². The molecule has 150 valence electrons. The van der Waals surface area contributed by atoms with Gasteiger partial charge >= 0.3 is 0 Å². The number of anilines is 1. The van der Waals surface area contributed by atoms with E-state index in [1.165, 1.54) is 42.5 Å². The number of rotatable bonds is 8. The summed E-state index contributed by atoms with van der Waals surface area (Å²) in [5.74, 6) is -0.222. The van der Waals surface area contributed by atoms with Gasteiger partial charge in [-0.2, -0.15) is 0 Å². The van der Waals surface area contributed by atoms with Gasteiger partial charge in [0.1, 0.15) is 18.2 Å². The monoisotopic (exact) mass is 414 g/mol. The Kier molecular flexibility index (Phi) is 6.46. The van der Waals surface area contributed by atoms with E-state index in [0.717, 1.165) is 0 Å². The van der Waals surface area contributed by atoms with E-state index < -0.39 is 10.0 Å². The third-order valence-corrected chi connectivity index (χ3v) is 5.30. The molecule has 0 bridgehead atoms. The minimum absolute atomic E-state index is 0.132. The number of amides is 1. The Balaban J connectivity index is 1.56. The van der Waals surface area contributed by atoms with Crippen molar-refractivity contribution >= 4 is 21.6 Å². The summed E-state index contributed by atoms with van der Waals surface area (Å²) in [4.78, 5) is 12.4. The van der Waals surface area contributed by atoms with Crippen molar-refractivity contribution in [3.63, 3.8) is 0 Å². The Morgan fingerprint density at radius 2 is 1.66 bits per heavy atom. The van der Waals surface area contributed by atoms with E-state index >= 15 is 0 Å². The summed E-state index contributed by atoms with van der Waals surface area (Å²) in [5, 5.41) is 2.69. The Labute approximate surface area is 168 Å². The van der Waals surface area contributed by atoms with Crippen molar-refractivity contribution < 1.29 is 22.3 Å². The van der Waals surface area contributed by atoms with Crippen molar-refractivity contribution in [1.29, 1.82) is 0 Å². The average Bonchev–Trinajstić information content (AvgIpc) is 2.73. The largest absolute Gasteiger partial charge is 0.492 e. The minimum Gasteiger partial charge on any atom is -0.492 e. The first-order chi connectivity index (χ1) is 13.9. The van der Waals surface area contributed by atoms with Crippen LogP contribution in [0.2, 0.25) is 0 Å². The van der Waals surface area contributed by atoms with Crippen LogP contribution in [0.4, 0.5) is 10.1 Å². The molecule has 3 aromatic rings. The predicted molar refractivity (Wildman–Crippen MR) is 108 cm³/mol. The lowest BCUT2D eigenvalue weighted by atomic mass is 10.2. The normalized spacial score (nSPS) is 10.9. The third-order valence-electron chi connectivity index (χ3n) is 3.90. The lowest BCUT2D eigenvalue weighted by Crippen LogP contribution is -2.28. The van der Waals surface area contributed by atoms with Gasteiger partial charge in [0.05, 0.1) is 11.4 Å². The number of hydrogen-bond donors (Lipinski definition) is 2. The van der Waals surface area contributed by atoms with Crippen molar-refractivity contribution in [3.8, 4) is 5.75 Å². The molecule has 0 aliphatic heterocycles. The zero-order valence-electron chi connectivity index (χ0n) is 15.3. The van der Waals surface area contributed by atoms with Gasteiger partial charge in [-0.25, -0.2) is 12.8 Å². The highest BCUT2D eigenvalue weighted by atomic mass is 32.2. The number of benzene rings is 3. The molecule has 0 aliphatic rings. The molecule has 1 amide bonds. The maximum Gasteiger partial charge on any atom is 0.261 e. The van der Waals surface area contributed by atoms with Crippen LogP contribution in [0.1, 0.15) is 10.4 Å². The van der Waals surface area contributed by atoms with Crippen molar-refractivity contribution in [2.45, 2.75) is 4.90 Å². The molecule has 0 aliphatic carbocycles. The molecule has 0 unspecified atom stereocenters. The number of ether oxygens (including phenoxy) is 1. The van der Waals surface area contributed by atoms with Crippen molar-refractivity contribution in [1.82, 2.24) is 5.32 Å². The molecule has 3 aromatic carbocycles. The van der Waals surface area contributed by atoms with Crippen LogP contribution in [-0.4, -0.2) is 27.5 Å². The molecule has 3 rings (SSSR count). The Morgan fingerprint density at radius 3 is 2.38 bits per heavy atom. The van der Waals surface area contributed by atoms with Gasteiger partial charge in [0.2, 0.25) is 0 Å². The van der Waals surface area contributed by atoms with Crippen LogP contribution in [0.15, 0.2) is 83.8 Å². The van der Waals surface area contributed by atoms with Crippen LogP contribution in [0.5, 0.6) is 5.75 Å². The van der Waals surface area contributed by atoms with Gasteiger partial charge in [0.15, 0.2) is 0 Å². The van der Waals surface area contributed by atoms with Crippen LogP contribution in [0, 0.1) is 5.82 Å². The van der Waals surface area contributed by atoms with Gasteiger partial charge < -0.3 is 10.1 Å². The quantitative estimate of drug-likeness (QED) is 0.553. The zero-order valence-corrected chi connectivity index (χ0v) is 16.2. The topological polar surface area (TPSA) is 84.5 Å². The average molecular weight is 414 g/mol. The molecule has 0 saturated heterocycles. The molecule has 0 fully saturated rings. The number of carbonyl (C=O) groups is 1. The molecule has 0 heterocycles. The zero-order chi connectivity index (χ0) is 20.7. The van der Waals surface area contributed by atoms with E-state index in [2.05, 4.69) is 10.0 Å². The van der Waals surface area contributed by atoms with Crippen LogP contribution >= 0.6 is 0 Å². The van der Waals surface area contributed by atoms with Crippen LogP contribution in [0.25, 0.3) is 0 Å². The smallest absolute Gasteiger partial charge is 0.261 e. The molecular formula is C21H19FN2O4S. The van der Waals surface area contributed by atoms with E-state index in [1.54, 1.807) is 36.4 Å². The fraction of sp³-hybridized carbons (Fsp3) is 0.0952. The van der Waals surface area contributed by atoms with Gasteiger partial charge in [-0.05, 0) is 54.6 Å². The van der Waals surface area contributed by atoms with E-state index in [4.69, 9.17) is 4.74 Å². The molecule has 0 atom stereocenters. The summed E-state index contributed by atoms with van der Waals surface area (Å²) in [7, 11) is -3.74. The number of halogens is 1. The highest BCUT2D eigenvalue weighted by Gasteiger charge is 2.14. The Morgan fingerprint density at radius 1 is 0.931 bits per heavy atom. The maximum absolute atomic E-state index is 12.8. The first kappa shape index (κ1) is 20.3. The summed E-state index contributed by atoms with van der Waals surface area (Å²) in [5.41, 5.74) is 0.587. The third kappa shape index (κ3) is 5.79. The van der Waals surface area contributed by atoms with E-state index in [9.17, 15) is 17.6 Å². The second kappa shape index (κ2) is 9.20. The lowest BCUT2D eigenvalue weighted by molar-refractivity contribution is 0.0947. The van der Waals surface area contributed by atoms with Gasteiger partial charge in [-0.15, -0.1) is 0 Å². The molecular weight excluding hydrogens is 395 g/mol. The van der Waals surface area contributed by atoms with Gasteiger partial charge in [-0.3, -0.25) is 9.52 Å². The fourth-order valence-electron chi connectivity index (χ4n) is 2.50. The summed E-state index contributed by atoms with van der Waals surface area (Å²) >= 11 is 0. The molecule has 29 heavy (non-hydrogen) atoms. The molecule has 0 aromatic heterocycles. The number of sulfonamides is 1. The lowest BCUT2D eigenvalue weighted by Gasteiger charge is -2.10. The Bertz CT molecular complexity index is 1070. The van der Waals surface area contributed by atoms with Gasteiger partial charge in [0.25, 0.3) is 15.9 Å². The van der Waals surface area contributed by atoms with Gasteiger partial charge in [-0.1, -0.05) is 24.3 Å². The van der Waals surface area contributed by atoms with Crippen LogP contribution in [0.3, 0.4) is 0 Å². The van der Waals surface area contributed by atoms with Crippen molar-refractivity contribution in [2.24, 2.45) is 0 Å². The number of hydrogen-bond acceptors (Lipinski definition) is 4. The number of carbonyl (C=O) groups excluding carboxylic acids is 1. The summed E-state index contributed by atoms with van der Waals surface area (Å²) < 4.78 is 45.5. The minimum atomic E-state index is -3.74. The second-order valence-corrected chi connectivity index (χ2v) is 7.74.